The fourth-order valence-electron chi connectivity index (χ4n) is 3.84. The standard InChI is InChI=1S/C22H21FN6OS/c23-17-3-1-2-4-18(17)28-7-9-29(10-8-28)19(30)13-31-22-16(12-25)20(14-5-6-14)15(11-24)21(26)27-22/h1-4,14H,5-10,13H2,(H2,26,27). The maximum Gasteiger partial charge on any atom is 0.233 e. The number of carbonyl (C=O) groups is 1. The van der Waals surface area contributed by atoms with E-state index in [1.54, 1.807) is 23.1 Å². The van der Waals surface area contributed by atoms with Gasteiger partial charge in [-0.3, -0.25) is 4.79 Å². The molecule has 1 aliphatic carbocycles. The highest BCUT2D eigenvalue weighted by Gasteiger charge is 2.33. The summed E-state index contributed by atoms with van der Waals surface area (Å²) in [7, 11) is 0. The summed E-state index contributed by atoms with van der Waals surface area (Å²) in [6.07, 6.45) is 1.84. The van der Waals surface area contributed by atoms with Crippen molar-refractivity contribution < 1.29 is 9.18 Å². The van der Waals surface area contributed by atoms with E-state index < -0.39 is 0 Å². The Labute approximate surface area is 184 Å². The van der Waals surface area contributed by atoms with E-state index in [0.29, 0.717) is 48.0 Å². The maximum atomic E-state index is 14.0. The van der Waals surface area contributed by atoms with Crippen LogP contribution in [-0.2, 0) is 4.79 Å². The van der Waals surface area contributed by atoms with Gasteiger partial charge in [-0.05, 0) is 36.5 Å². The Morgan fingerprint density at radius 3 is 2.45 bits per heavy atom. The molecule has 1 saturated carbocycles. The number of carbonyl (C=O) groups excluding carboxylic acids is 1. The average Bonchev–Trinajstić information content (AvgIpc) is 3.62. The van der Waals surface area contributed by atoms with Crippen molar-refractivity contribution in [3.05, 3.63) is 46.8 Å². The van der Waals surface area contributed by atoms with E-state index in [9.17, 15) is 19.7 Å². The monoisotopic (exact) mass is 436 g/mol. The van der Waals surface area contributed by atoms with Gasteiger partial charge in [0.1, 0.15) is 28.8 Å². The molecule has 9 heteroatoms. The SMILES string of the molecule is N#Cc1c(N)nc(SCC(=O)N2CCN(c3ccccc3F)CC2)c(C#N)c1C1CC1. The number of pyridine rings is 1. The fraction of sp³-hybridized carbons (Fsp3) is 0.364. The van der Waals surface area contributed by atoms with E-state index in [1.165, 1.54) is 17.8 Å². The van der Waals surface area contributed by atoms with Gasteiger partial charge >= 0.3 is 0 Å². The molecule has 2 heterocycles. The van der Waals surface area contributed by atoms with Crippen LogP contribution >= 0.6 is 11.8 Å². The first kappa shape index (κ1) is 21.0. The summed E-state index contributed by atoms with van der Waals surface area (Å²) in [5.41, 5.74) is 7.82. The lowest BCUT2D eigenvalue weighted by Gasteiger charge is -2.36. The number of rotatable bonds is 5. The van der Waals surface area contributed by atoms with Crippen LogP contribution in [0.1, 0.15) is 35.4 Å². The number of aromatic nitrogens is 1. The number of benzene rings is 1. The largest absolute Gasteiger partial charge is 0.383 e. The molecule has 158 valence electrons. The van der Waals surface area contributed by atoms with Gasteiger partial charge in [-0.25, -0.2) is 9.37 Å². The van der Waals surface area contributed by atoms with Crippen LogP contribution in [-0.4, -0.2) is 47.7 Å². The van der Waals surface area contributed by atoms with Gasteiger partial charge in [0.2, 0.25) is 5.91 Å². The molecule has 0 atom stereocenters. The number of hydrogen-bond donors (Lipinski definition) is 1. The number of nitrogen functional groups attached to an aromatic ring is 1. The third kappa shape index (κ3) is 4.28. The summed E-state index contributed by atoms with van der Waals surface area (Å²) in [5.74, 6) is 0.0575. The molecule has 31 heavy (non-hydrogen) atoms. The number of nitrogens with zero attached hydrogens (tertiary/aromatic N) is 5. The molecule has 2 aromatic rings. The van der Waals surface area contributed by atoms with Crippen molar-refractivity contribution >= 4 is 29.2 Å². The lowest BCUT2D eigenvalue weighted by molar-refractivity contribution is -0.128. The van der Waals surface area contributed by atoms with Crippen LogP contribution in [0.5, 0.6) is 0 Å². The number of para-hydroxylation sites is 1. The van der Waals surface area contributed by atoms with Crippen molar-refractivity contribution in [2.45, 2.75) is 23.8 Å². The Bertz CT molecular complexity index is 1100. The van der Waals surface area contributed by atoms with Crippen LogP contribution in [0.2, 0.25) is 0 Å². The molecule has 0 spiro atoms. The summed E-state index contributed by atoms with van der Waals surface area (Å²) in [4.78, 5) is 20.7. The zero-order valence-corrected chi connectivity index (χ0v) is 17.7. The van der Waals surface area contributed by atoms with E-state index in [0.717, 1.165) is 12.8 Å². The fourth-order valence-corrected chi connectivity index (χ4v) is 4.74. The minimum atomic E-state index is -0.266. The number of thioether (sulfide) groups is 1. The van der Waals surface area contributed by atoms with E-state index in [2.05, 4.69) is 17.1 Å². The number of hydrogen-bond acceptors (Lipinski definition) is 7. The van der Waals surface area contributed by atoms with Crippen molar-refractivity contribution in [2.24, 2.45) is 0 Å². The lowest BCUT2D eigenvalue weighted by Crippen LogP contribution is -2.49. The van der Waals surface area contributed by atoms with Crippen LogP contribution < -0.4 is 10.6 Å². The Morgan fingerprint density at radius 2 is 1.84 bits per heavy atom. The van der Waals surface area contributed by atoms with Crippen LogP contribution in [0.15, 0.2) is 29.3 Å². The molecule has 1 saturated heterocycles. The smallest absolute Gasteiger partial charge is 0.233 e. The molecule has 1 aliphatic heterocycles. The lowest BCUT2D eigenvalue weighted by atomic mass is 10.0. The molecule has 2 N–H and O–H groups in total. The topological polar surface area (TPSA) is 110 Å². The molecule has 0 radical (unpaired) electrons. The number of amides is 1. The van der Waals surface area contributed by atoms with Crippen molar-refractivity contribution in [3.8, 4) is 12.1 Å². The van der Waals surface area contributed by atoms with E-state index in [1.807, 2.05) is 4.90 Å². The Kier molecular flexibility index (Phi) is 5.97. The molecule has 1 amide bonds. The van der Waals surface area contributed by atoms with Crippen LogP contribution in [0.3, 0.4) is 0 Å². The first-order chi connectivity index (χ1) is 15.0. The first-order valence-electron chi connectivity index (χ1n) is 10.1. The normalized spacial score (nSPS) is 16.0. The summed E-state index contributed by atoms with van der Waals surface area (Å²) in [6.45, 7) is 2.09. The summed E-state index contributed by atoms with van der Waals surface area (Å²) >= 11 is 1.18. The third-order valence-corrected chi connectivity index (χ3v) is 6.56. The Morgan fingerprint density at radius 1 is 1.16 bits per heavy atom. The van der Waals surface area contributed by atoms with Gasteiger partial charge in [0.25, 0.3) is 0 Å². The highest BCUT2D eigenvalue weighted by molar-refractivity contribution is 8.00. The quantitative estimate of drug-likeness (QED) is 0.718. The van der Waals surface area contributed by atoms with Crippen LogP contribution in [0.4, 0.5) is 15.9 Å². The summed E-state index contributed by atoms with van der Waals surface area (Å²) < 4.78 is 14.0. The summed E-state index contributed by atoms with van der Waals surface area (Å²) in [5, 5.41) is 19.5. The average molecular weight is 437 g/mol. The number of halogens is 1. The van der Waals surface area contributed by atoms with Crippen molar-refractivity contribution in [3.63, 3.8) is 0 Å². The summed E-state index contributed by atoms with van der Waals surface area (Å²) in [6, 6.07) is 10.9. The van der Waals surface area contributed by atoms with E-state index in [4.69, 9.17) is 5.73 Å². The molecule has 4 rings (SSSR count). The zero-order chi connectivity index (χ0) is 22.0. The molecule has 0 bridgehead atoms. The van der Waals surface area contributed by atoms with Gasteiger partial charge in [0.15, 0.2) is 0 Å². The Hall–Kier alpha value is -3.30. The van der Waals surface area contributed by atoms with Crippen LogP contribution in [0.25, 0.3) is 0 Å². The predicted molar refractivity (Wildman–Crippen MR) is 116 cm³/mol. The molecule has 1 aromatic carbocycles. The van der Waals surface area contributed by atoms with Crippen LogP contribution in [0, 0.1) is 28.5 Å². The molecule has 2 aliphatic rings. The number of piperazine rings is 1. The number of anilines is 2. The second-order valence-corrected chi connectivity index (χ2v) is 8.54. The number of nitriles is 2. The maximum absolute atomic E-state index is 14.0. The minimum Gasteiger partial charge on any atom is -0.383 e. The van der Waals surface area contributed by atoms with Crippen molar-refractivity contribution in [2.75, 3.05) is 42.6 Å². The third-order valence-electron chi connectivity index (χ3n) is 5.60. The minimum absolute atomic E-state index is 0.0697. The van der Waals surface area contributed by atoms with Crippen molar-refractivity contribution in [1.82, 2.24) is 9.88 Å². The molecular weight excluding hydrogens is 415 g/mol. The molecule has 0 unspecified atom stereocenters. The molecule has 1 aromatic heterocycles. The number of nitrogens with two attached hydrogens (primary N) is 1. The van der Waals surface area contributed by atoms with E-state index in [-0.39, 0.29) is 34.8 Å². The molecular formula is C22H21FN6OS. The predicted octanol–water partition coefficient (Wildman–Crippen LogP) is 2.86. The second-order valence-electron chi connectivity index (χ2n) is 7.57. The van der Waals surface area contributed by atoms with Gasteiger partial charge in [-0.1, -0.05) is 23.9 Å². The van der Waals surface area contributed by atoms with Gasteiger partial charge in [0, 0.05) is 26.2 Å². The van der Waals surface area contributed by atoms with Gasteiger partial charge in [-0.2, -0.15) is 10.5 Å². The van der Waals surface area contributed by atoms with E-state index >= 15 is 0 Å². The van der Waals surface area contributed by atoms with Gasteiger partial charge in [-0.15, -0.1) is 0 Å². The molecule has 2 fully saturated rings. The first-order valence-corrected chi connectivity index (χ1v) is 11.1. The zero-order valence-electron chi connectivity index (χ0n) is 16.8. The highest BCUT2D eigenvalue weighted by Crippen LogP contribution is 2.45. The Balaban J connectivity index is 1.41. The highest BCUT2D eigenvalue weighted by atomic mass is 32.2. The van der Waals surface area contributed by atoms with Crippen molar-refractivity contribution in [1.29, 1.82) is 10.5 Å². The van der Waals surface area contributed by atoms with Gasteiger partial charge in [0.05, 0.1) is 22.6 Å². The van der Waals surface area contributed by atoms with Gasteiger partial charge < -0.3 is 15.5 Å². The molecule has 7 nitrogen and oxygen atoms in total. The second kappa shape index (κ2) is 8.83.